The standard InChI is InChI=1S/C19H25N5O3/c1-27-12-9-20-18-17(24(25)26)19(22-14-21-18)23-10-7-16(8-11-23)13-15-5-3-2-4-6-15/h2-6,14,16H,7-13H2,1H3,(H,20,21,22). The van der Waals surface area contributed by atoms with E-state index in [2.05, 4.69) is 39.6 Å². The van der Waals surface area contributed by atoms with Gasteiger partial charge in [-0.1, -0.05) is 30.3 Å². The van der Waals surface area contributed by atoms with E-state index in [1.165, 1.54) is 11.9 Å². The van der Waals surface area contributed by atoms with E-state index in [4.69, 9.17) is 4.74 Å². The molecule has 0 amide bonds. The third kappa shape index (κ3) is 4.91. The Morgan fingerprint density at radius 1 is 1.26 bits per heavy atom. The smallest absolute Gasteiger partial charge is 0.353 e. The summed E-state index contributed by atoms with van der Waals surface area (Å²) in [6.45, 7) is 2.41. The van der Waals surface area contributed by atoms with Crippen molar-refractivity contribution in [3.63, 3.8) is 0 Å². The fourth-order valence-corrected chi connectivity index (χ4v) is 3.47. The fraction of sp³-hybridized carbons (Fsp3) is 0.474. The van der Waals surface area contributed by atoms with Crippen LogP contribution in [-0.2, 0) is 11.2 Å². The molecule has 1 aliphatic rings. The quantitative estimate of drug-likeness (QED) is 0.433. The summed E-state index contributed by atoms with van der Waals surface area (Å²) in [5, 5.41) is 14.6. The van der Waals surface area contributed by atoms with Crippen molar-refractivity contribution < 1.29 is 9.66 Å². The normalized spacial score (nSPS) is 14.9. The van der Waals surface area contributed by atoms with Crippen LogP contribution in [0.4, 0.5) is 17.3 Å². The fourth-order valence-electron chi connectivity index (χ4n) is 3.47. The average Bonchev–Trinajstić information content (AvgIpc) is 2.69. The van der Waals surface area contributed by atoms with Crippen molar-refractivity contribution in [1.29, 1.82) is 0 Å². The molecule has 1 saturated heterocycles. The van der Waals surface area contributed by atoms with E-state index in [0.717, 1.165) is 32.4 Å². The topological polar surface area (TPSA) is 93.4 Å². The van der Waals surface area contributed by atoms with Gasteiger partial charge in [-0.3, -0.25) is 10.1 Å². The van der Waals surface area contributed by atoms with Gasteiger partial charge in [0.2, 0.25) is 11.6 Å². The third-order valence-electron chi connectivity index (χ3n) is 4.87. The number of benzene rings is 1. The van der Waals surface area contributed by atoms with E-state index in [9.17, 15) is 10.1 Å². The lowest BCUT2D eigenvalue weighted by molar-refractivity contribution is -0.383. The molecule has 8 nitrogen and oxygen atoms in total. The van der Waals surface area contributed by atoms with Crippen molar-refractivity contribution in [3.05, 3.63) is 52.3 Å². The number of aromatic nitrogens is 2. The molecule has 144 valence electrons. The van der Waals surface area contributed by atoms with Gasteiger partial charge in [0.15, 0.2) is 0 Å². The molecule has 1 fully saturated rings. The summed E-state index contributed by atoms with van der Waals surface area (Å²) in [7, 11) is 1.58. The zero-order valence-electron chi connectivity index (χ0n) is 15.5. The predicted octanol–water partition coefficient (Wildman–Crippen LogP) is 2.90. The molecular weight excluding hydrogens is 346 g/mol. The average molecular weight is 371 g/mol. The molecule has 8 heteroatoms. The van der Waals surface area contributed by atoms with Crippen molar-refractivity contribution in [2.75, 3.05) is 43.6 Å². The Hall–Kier alpha value is -2.74. The maximum atomic E-state index is 11.7. The Morgan fingerprint density at radius 2 is 2.00 bits per heavy atom. The number of nitro groups is 1. The van der Waals surface area contributed by atoms with Gasteiger partial charge in [0.05, 0.1) is 11.5 Å². The molecule has 0 radical (unpaired) electrons. The van der Waals surface area contributed by atoms with E-state index in [1.807, 2.05) is 11.0 Å². The first-order chi connectivity index (χ1) is 13.2. The molecule has 27 heavy (non-hydrogen) atoms. The first-order valence-electron chi connectivity index (χ1n) is 9.20. The van der Waals surface area contributed by atoms with E-state index >= 15 is 0 Å². The molecule has 1 N–H and O–H groups in total. The van der Waals surface area contributed by atoms with Crippen LogP contribution in [0.25, 0.3) is 0 Å². The van der Waals surface area contributed by atoms with Gasteiger partial charge in [0.1, 0.15) is 6.33 Å². The Kier molecular flexibility index (Phi) is 6.54. The number of nitrogens with one attached hydrogen (secondary N) is 1. The molecule has 0 bridgehead atoms. The lowest BCUT2D eigenvalue weighted by atomic mass is 9.90. The summed E-state index contributed by atoms with van der Waals surface area (Å²) in [4.78, 5) is 21.5. The molecule has 1 aromatic carbocycles. The molecule has 0 aliphatic carbocycles. The van der Waals surface area contributed by atoms with Gasteiger partial charge < -0.3 is 15.0 Å². The largest absolute Gasteiger partial charge is 0.383 e. The monoisotopic (exact) mass is 371 g/mol. The maximum absolute atomic E-state index is 11.7. The summed E-state index contributed by atoms with van der Waals surface area (Å²) in [5.74, 6) is 1.23. The second kappa shape index (κ2) is 9.27. The van der Waals surface area contributed by atoms with Crippen LogP contribution in [-0.4, -0.2) is 48.2 Å². The highest BCUT2D eigenvalue weighted by molar-refractivity contribution is 5.70. The van der Waals surface area contributed by atoms with Gasteiger partial charge in [-0.05, 0) is 30.7 Å². The molecular formula is C19H25N5O3. The van der Waals surface area contributed by atoms with E-state index in [1.54, 1.807) is 7.11 Å². The van der Waals surface area contributed by atoms with E-state index in [0.29, 0.717) is 24.9 Å². The Labute approximate surface area is 158 Å². The molecule has 1 aliphatic heterocycles. The van der Waals surface area contributed by atoms with Gasteiger partial charge >= 0.3 is 5.69 Å². The minimum Gasteiger partial charge on any atom is -0.383 e. The Morgan fingerprint density at radius 3 is 2.67 bits per heavy atom. The summed E-state index contributed by atoms with van der Waals surface area (Å²) in [6.07, 6.45) is 4.41. The van der Waals surface area contributed by atoms with Crippen LogP contribution in [0.5, 0.6) is 0 Å². The second-order valence-corrected chi connectivity index (χ2v) is 6.69. The lowest BCUT2D eigenvalue weighted by Gasteiger charge is -2.32. The SMILES string of the molecule is COCCNc1ncnc(N2CCC(Cc3ccccc3)CC2)c1[N+](=O)[O-]. The number of ether oxygens (including phenoxy) is 1. The molecule has 3 rings (SSSR count). The number of hydrogen-bond donors (Lipinski definition) is 1. The van der Waals surface area contributed by atoms with Crippen LogP contribution in [0.1, 0.15) is 18.4 Å². The predicted molar refractivity (Wildman–Crippen MR) is 104 cm³/mol. The first-order valence-corrected chi connectivity index (χ1v) is 9.20. The van der Waals surface area contributed by atoms with Gasteiger partial charge in [-0.25, -0.2) is 9.97 Å². The molecule has 0 spiro atoms. The van der Waals surface area contributed by atoms with Crippen LogP contribution >= 0.6 is 0 Å². The summed E-state index contributed by atoms with van der Waals surface area (Å²) >= 11 is 0. The van der Waals surface area contributed by atoms with Gasteiger partial charge in [-0.2, -0.15) is 0 Å². The molecule has 0 atom stereocenters. The number of anilines is 2. The highest BCUT2D eigenvalue weighted by Gasteiger charge is 2.29. The Balaban J connectivity index is 1.68. The number of methoxy groups -OCH3 is 1. The molecule has 0 unspecified atom stereocenters. The Bertz CT molecular complexity index is 748. The maximum Gasteiger partial charge on any atom is 0.353 e. The zero-order chi connectivity index (χ0) is 19.1. The van der Waals surface area contributed by atoms with Gasteiger partial charge in [0, 0.05) is 26.7 Å². The van der Waals surface area contributed by atoms with Crippen LogP contribution < -0.4 is 10.2 Å². The number of nitrogens with zero attached hydrogens (tertiary/aromatic N) is 4. The van der Waals surface area contributed by atoms with Gasteiger partial charge in [-0.15, -0.1) is 0 Å². The molecule has 0 saturated carbocycles. The number of piperidine rings is 1. The minimum absolute atomic E-state index is 0.0601. The van der Waals surface area contributed by atoms with E-state index in [-0.39, 0.29) is 11.5 Å². The third-order valence-corrected chi connectivity index (χ3v) is 4.87. The highest BCUT2D eigenvalue weighted by Crippen LogP contribution is 2.34. The number of rotatable bonds is 8. The summed E-state index contributed by atoms with van der Waals surface area (Å²) < 4.78 is 4.98. The highest BCUT2D eigenvalue weighted by atomic mass is 16.6. The second-order valence-electron chi connectivity index (χ2n) is 6.69. The lowest BCUT2D eigenvalue weighted by Crippen LogP contribution is -2.35. The summed E-state index contributed by atoms with van der Waals surface area (Å²) in [5.41, 5.74) is 1.28. The van der Waals surface area contributed by atoms with Crippen molar-refractivity contribution in [2.24, 2.45) is 5.92 Å². The van der Waals surface area contributed by atoms with Crippen molar-refractivity contribution >= 4 is 17.3 Å². The van der Waals surface area contributed by atoms with Crippen LogP contribution in [0.2, 0.25) is 0 Å². The number of hydrogen-bond acceptors (Lipinski definition) is 7. The molecule has 1 aromatic heterocycles. The van der Waals surface area contributed by atoms with Crippen LogP contribution in [0.15, 0.2) is 36.7 Å². The summed E-state index contributed by atoms with van der Waals surface area (Å²) in [6, 6.07) is 10.5. The van der Waals surface area contributed by atoms with Crippen molar-refractivity contribution in [2.45, 2.75) is 19.3 Å². The molecule has 2 aromatic rings. The van der Waals surface area contributed by atoms with Crippen molar-refractivity contribution in [1.82, 2.24) is 9.97 Å². The van der Waals surface area contributed by atoms with Gasteiger partial charge in [0.25, 0.3) is 0 Å². The van der Waals surface area contributed by atoms with E-state index < -0.39 is 4.92 Å². The molecule has 2 heterocycles. The van der Waals surface area contributed by atoms with Crippen LogP contribution in [0.3, 0.4) is 0 Å². The van der Waals surface area contributed by atoms with Crippen molar-refractivity contribution in [3.8, 4) is 0 Å². The van der Waals surface area contributed by atoms with Crippen LogP contribution in [0, 0.1) is 16.0 Å². The first kappa shape index (κ1) is 19.0. The zero-order valence-corrected chi connectivity index (χ0v) is 15.5. The minimum atomic E-state index is -0.402.